The van der Waals surface area contributed by atoms with Crippen LogP contribution in [0.2, 0.25) is 0 Å². The van der Waals surface area contributed by atoms with Gasteiger partial charge in [-0.05, 0) is 11.5 Å². The molecule has 1 fully saturated rings. The van der Waals surface area contributed by atoms with Gasteiger partial charge in [-0.2, -0.15) is 0 Å². The van der Waals surface area contributed by atoms with Crippen LogP contribution in [0.15, 0.2) is 30.3 Å². The zero-order valence-electron chi connectivity index (χ0n) is 10.4. The summed E-state index contributed by atoms with van der Waals surface area (Å²) in [6.45, 7) is 4.81. The van der Waals surface area contributed by atoms with Crippen LogP contribution in [0.1, 0.15) is 12.5 Å². The number of esters is 1. The minimum Gasteiger partial charge on any atom is -0.469 e. The Morgan fingerprint density at radius 2 is 2.06 bits per heavy atom. The lowest BCUT2D eigenvalue weighted by Gasteiger charge is -2.15. The van der Waals surface area contributed by atoms with Gasteiger partial charge in [0.2, 0.25) is 0 Å². The molecule has 0 unspecified atom stereocenters. The van der Waals surface area contributed by atoms with Crippen LogP contribution in [0.4, 0.5) is 0 Å². The van der Waals surface area contributed by atoms with Crippen molar-refractivity contribution in [3.8, 4) is 0 Å². The van der Waals surface area contributed by atoms with E-state index < -0.39 is 0 Å². The van der Waals surface area contributed by atoms with E-state index in [-0.39, 0.29) is 11.9 Å². The van der Waals surface area contributed by atoms with Crippen molar-refractivity contribution >= 4 is 5.97 Å². The van der Waals surface area contributed by atoms with Crippen molar-refractivity contribution in [2.24, 2.45) is 11.8 Å². The van der Waals surface area contributed by atoms with Crippen LogP contribution in [-0.2, 0) is 16.1 Å². The van der Waals surface area contributed by atoms with E-state index in [1.54, 1.807) is 0 Å². The molecule has 1 aliphatic rings. The molecule has 0 bridgehead atoms. The fourth-order valence-corrected chi connectivity index (χ4v) is 2.50. The van der Waals surface area contributed by atoms with Gasteiger partial charge in [0.05, 0.1) is 13.0 Å². The van der Waals surface area contributed by atoms with Crippen molar-refractivity contribution in [3.63, 3.8) is 0 Å². The van der Waals surface area contributed by atoms with Gasteiger partial charge < -0.3 is 4.74 Å². The van der Waals surface area contributed by atoms with Gasteiger partial charge in [-0.3, -0.25) is 9.69 Å². The molecule has 3 heteroatoms. The van der Waals surface area contributed by atoms with Gasteiger partial charge in [-0.1, -0.05) is 37.3 Å². The highest BCUT2D eigenvalue weighted by Gasteiger charge is 2.35. The number of carbonyl (C=O) groups is 1. The van der Waals surface area contributed by atoms with Crippen molar-refractivity contribution in [3.05, 3.63) is 35.9 Å². The molecule has 1 aromatic carbocycles. The van der Waals surface area contributed by atoms with Crippen molar-refractivity contribution in [2.75, 3.05) is 20.2 Å². The molecule has 2 rings (SSSR count). The predicted octanol–water partition coefficient (Wildman–Crippen LogP) is 1.93. The summed E-state index contributed by atoms with van der Waals surface area (Å²) < 4.78 is 4.84. The molecule has 0 amide bonds. The van der Waals surface area contributed by atoms with Crippen LogP contribution >= 0.6 is 0 Å². The largest absolute Gasteiger partial charge is 0.469 e. The Hall–Kier alpha value is -1.35. The van der Waals surface area contributed by atoms with E-state index in [9.17, 15) is 4.79 Å². The summed E-state index contributed by atoms with van der Waals surface area (Å²) in [5, 5.41) is 0. The second-order valence-corrected chi connectivity index (χ2v) is 4.79. The fourth-order valence-electron chi connectivity index (χ4n) is 2.50. The Bertz CT molecular complexity index is 377. The number of likely N-dealkylation sites (tertiary alicyclic amines) is 1. The lowest BCUT2D eigenvalue weighted by Crippen LogP contribution is -2.24. The summed E-state index contributed by atoms with van der Waals surface area (Å²) in [5.74, 6) is 0.336. The number of hydrogen-bond donors (Lipinski definition) is 0. The van der Waals surface area contributed by atoms with E-state index in [0.717, 1.165) is 19.6 Å². The first-order valence-corrected chi connectivity index (χ1v) is 6.05. The maximum absolute atomic E-state index is 11.6. The minimum absolute atomic E-state index is 0.0312. The van der Waals surface area contributed by atoms with Gasteiger partial charge in [-0.25, -0.2) is 0 Å². The summed E-state index contributed by atoms with van der Waals surface area (Å²) >= 11 is 0. The highest BCUT2D eigenvalue weighted by atomic mass is 16.5. The molecule has 92 valence electrons. The number of rotatable bonds is 3. The Morgan fingerprint density at radius 3 is 2.71 bits per heavy atom. The Morgan fingerprint density at radius 1 is 1.35 bits per heavy atom. The van der Waals surface area contributed by atoms with Gasteiger partial charge in [-0.15, -0.1) is 0 Å². The first kappa shape index (κ1) is 12.1. The van der Waals surface area contributed by atoms with Gasteiger partial charge >= 0.3 is 5.97 Å². The predicted molar refractivity (Wildman–Crippen MR) is 66.4 cm³/mol. The standard InChI is InChI=1S/C14H19NO2/c1-11-8-15(10-13(11)14(16)17-2)9-12-6-4-3-5-7-12/h3-7,11,13H,8-10H2,1-2H3/t11-,13-/m0/s1. The van der Waals surface area contributed by atoms with Crippen molar-refractivity contribution < 1.29 is 9.53 Å². The van der Waals surface area contributed by atoms with E-state index in [4.69, 9.17) is 4.74 Å². The highest BCUT2D eigenvalue weighted by Crippen LogP contribution is 2.25. The smallest absolute Gasteiger partial charge is 0.310 e. The average molecular weight is 233 g/mol. The second-order valence-electron chi connectivity index (χ2n) is 4.79. The van der Waals surface area contributed by atoms with Crippen LogP contribution in [0.25, 0.3) is 0 Å². The summed E-state index contributed by atoms with van der Waals surface area (Å²) in [6, 6.07) is 10.4. The normalized spacial score (nSPS) is 24.8. The topological polar surface area (TPSA) is 29.5 Å². The maximum Gasteiger partial charge on any atom is 0.310 e. The zero-order valence-corrected chi connectivity index (χ0v) is 10.4. The molecule has 0 aliphatic carbocycles. The number of hydrogen-bond acceptors (Lipinski definition) is 3. The molecule has 3 nitrogen and oxygen atoms in total. The molecule has 1 heterocycles. The monoisotopic (exact) mass is 233 g/mol. The van der Waals surface area contributed by atoms with Gasteiger partial charge in [0.25, 0.3) is 0 Å². The first-order valence-electron chi connectivity index (χ1n) is 6.05. The molecule has 0 radical (unpaired) electrons. The zero-order chi connectivity index (χ0) is 12.3. The summed E-state index contributed by atoms with van der Waals surface area (Å²) in [6.07, 6.45) is 0. The number of carbonyl (C=O) groups excluding carboxylic acids is 1. The number of methoxy groups -OCH3 is 1. The van der Waals surface area contributed by atoms with Crippen molar-refractivity contribution in [1.29, 1.82) is 0 Å². The summed E-state index contributed by atoms with van der Waals surface area (Å²) in [7, 11) is 1.47. The van der Waals surface area contributed by atoms with Crippen molar-refractivity contribution in [1.82, 2.24) is 4.90 Å². The third kappa shape index (κ3) is 2.86. The Balaban J connectivity index is 1.95. The lowest BCUT2D eigenvalue weighted by atomic mass is 9.99. The lowest BCUT2D eigenvalue weighted by molar-refractivity contribution is -0.146. The minimum atomic E-state index is -0.0759. The van der Waals surface area contributed by atoms with E-state index in [1.165, 1.54) is 12.7 Å². The molecule has 0 aromatic heterocycles. The molecular weight excluding hydrogens is 214 g/mol. The Kier molecular flexibility index (Phi) is 3.79. The molecule has 2 atom stereocenters. The van der Waals surface area contributed by atoms with E-state index in [1.807, 2.05) is 18.2 Å². The molecule has 17 heavy (non-hydrogen) atoms. The summed E-state index contributed by atoms with van der Waals surface area (Å²) in [5.41, 5.74) is 1.30. The molecule has 1 saturated heterocycles. The van der Waals surface area contributed by atoms with Crippen LogP contribution in [0, 0.1) is 11.8 Å². The van der Waals surface area contributed by atoms with Crippen LogP contribution < -0.4 is 0 Å². The number of nitrogens with zero attached hydrogens (tertiary/aromatic N) is 1. The second kappa shape index (κ2) is 5.32. The number of ether oxygens (including phenoxy) is 1. The summed E-state index contributed by atoms with van der Waals surface area (Å²) in [4.78, 5) is 13.9. The van der Waals surface area contributed by atoms with E-state index in [0.29, 0.717) is 5.92 Å². The fraction of sp³-hybridized carbons (Fsp3) is 0.500. The van der Waals surface area contributed by atoms with E-state index >= 15 is 0 Å². The SMILES string of the molecule is COC(=O)[C@H]1CN(Cc2ccccc2)C[C@@H]1C. The molecule has 0 saturated carbocycles. The van der Waals surface area contributed by atoms with Crippen LogP contribution in [0.3, 0.4) is 0 Å². The average Bonchev–Trinajstić information content (AvgIpc) is 2.70. The quantitative estimate of drug-likeness (QED) is 0.747. The maximum atomic E-state index is 11.6. The molecule has 0 N–H and O–H groups in total. The van der Waals surface area contributed by atoms with Gasteiger partial charge in [0, 0.05) is 19.6 Å². The first-order chi connectivity index (χ1) is 8.20. The third-order valence-corrected chi connectivity index (χ3v) is 3.44. The molecule has 1 aliphatic heterocycles. The third-order valence-electron chi connectivity index (χ3n) is 3.44. The highest BCUT2D eigenvalue weighted by molar-refractivity contribution is 5.73. The van der Waals surface area contributed by atoms with Crippen LogP contribution in [-0.4, -0.2) is 31.1 Å². The van der Waals surface area contributed by atoms with E-state index in [2.05, 4.69) is 24.0 Å². The molecular formula is C14H19NO2. The van der Waals surface area contributed by atoms with Crippen molar-refractivity contribution in [2.45, 2.75) is 13.5 Å². The van der Waals surface area contributed by atoms with Gasteiger partial charge in [0.1, 0.15) is 0 Å². The number of benzene rings is 1. The Labute approximate surface area is 102 Å². The molecule has 0 spiro atoms. The van der Waals surface area contributed by atoms with Crippen LogP contribution in [0.5, 0.6) is 0 Å². The van der Waals surface area contributed by atoms with Gasteiger partial charge in [0.15, 0.2) is 0 Å². The molecule has 1 aromatic rings.